The lowest BCUT2D eigenvalue weighted by Crippen LogP contribution is -1.93. The molecule has 6 nitrogen and oxygen atoms in total. The second-order valence-corrected chi connectivity index (χ2v) is 4.97. The maximum absolute atomic E-state index is 9.91. The molecule has 0 amide bonds. The van der Waals surface area contributed by atoms with Crippen LogP contribution in [0.15, 0.2) is 34.9 Å². The average Bonchev–Trinajstić information content (AvgIpc) is 2.88. The first-order valence-corrected chi connectivity index (χ1v) is 6.74. The van der Waals surface area contributed by atoms with Crippen molar-refractivity contribution in [3.05, 3.63) is 41.6 Å². The molecule has 6 heteroatoms. The van der Waals surface area contributed by atoms with Crippen molar-refractivity contribution in [2.45, 2.75) is 12.8 Å². The molecular formula is C16H15NO5. The Morgan fingerprint density at radius 1 is 1.05 bits per heavy atom. The first-order chi connectivity index (χ1) is 10.6. The number of phenols is 3. The van der Waals surface area contributed by atoms with Crippen LogP contribution in [0.2, 0.25) is 0 Å². The maximum atomic E-state index is 9.91. The van der Waals surface area contributed by atoms with E-state index in [4.69, 9.17) is 9.26 Å². The third-order valence-electron chi connectivity index (χ3n) is 3.50. The van der Waals surface area contributed by atoms with Crippen molar-refractivity contribution in [2.75, 3.05) is 7.11 Å². The fraction of sp³-hybridized carbons (Fsp3) is 0.188. The number of ether oxygens (including phenoxy) is 1. The zero-order chi connectivity index (χ0) is 15.7. The number of hydrogen-bond acceptors (Lipinski definition) is 6. The summed E-state index contributed by atoms with van der Waals surface area (Å²) < 4.78 is 10.1. The number of fused-ring (bicyclic) bond motifs is 1. The predicted molar refractivity (Wildman–Crippen MR) is 79.4 cm³/mol. The second-order valence-electron chi connectivity index (χ2n) is 4.97. The van der Waals surface area contributed by atoms with Gasteiger partial charge in [-0.15, -0.1) is 0 Å². The Kier molecular flexibility index (Phi) is 3.50. The summed E-state index contributed by atoms with van der Waals surface area (Å²) in [5.41, 5.74) is 1.85. The molecule has 0 aliphatic heterocycles. The van der Waals surface area contributed by atoms with E-state index in [0.717, 1.165) is 5.56 Å². The van der Waals surface area contributed by atoms with Crippen LogP contribution in [0.5, 0.6) is 23.0 Å². The lowest BCUT2D eigenvalue weighted by Gasteiger charge is -2.05. The Hall–Kier alpha value is -2.89. The van der Waals surface area contributed by atoms with Gasteiger partial charge in [-0.1, -0.05) is 11.2 Å². The number of phenolic OH excluding ortho intramolecular Hbond substituents is 3. The summed E-state index contributed by atoms with van der Waals surface area (Å²) in [5.74, 6) is 0.359. The van der Waals surface area contributed by atoms with Crippen molar-refractivity contribution in [3.63, 3.8) is 0 Å². The van der Waals surface area contributed by atoms with E-state index in [-0.39, 0.29) is 17.2 Å². The van der Waals surface area contributed by atoms with E-state index in [1.165, 1.54) is 19.2 Å². The van der Waals surface area contributed by atoms with Gasteiger partial charge in [-0.2, -0.15) is 0 Å². The van der Waals surface area contributed by atoms with E-state index in [1.807, 2.05) is 6.07 Å². The number of nitrogens with zero attached hydrogens (tertiary/aromatic N) is 1. The SMILES string of the molecule is COc1ccc(CCc2noc3cc(O)cc(O)c23)cc1O. The molecule has 0 aliphatic carbocycles. The molecule has 0 saturated carbocycles. The second kappa shape index (κ2) is 5.48. The minimum Gasteiger partial charge on any atom is -0.508 e. The lowest BCUT2D eigenvalue weighted by atomic mass is 10.0. The summed E-state index contributed by atoms with van der Waals surface area (Å²) in [4.78, 5) is 0. The molecule has 0 bridgehead atoms. The highest BCUT2D eigenvalue weighted by molar-refractivity contribution is 5.87. The number of benzene rings is 2. The fourth-order valence-electron chi connectivity index (χ4n) is 2.42. The lowest BCUT2D eigenvalue weighted by molar-refractivity contribution is 0.373. The number of methoxy groups -OCH3 is 1. The first kappa shape index (κ1) is 14.1. The quantitative estimate of drug-likeness (QED) is 0.685. The van der Waals surface area contributed by atoms with Crippen LogP contribution in [0, 0.1) is 0 Å². The molecule has 3 aromatic rings. The molecule has 0 saturated heterocycles. The van der Waals surface area contributed by atoms with Crippen LogP contribution in [-0.4, -0.2) is 27.6 Å². The summed E-state index contributed by atoms with van der Waals surface area (Å²) >= 11 is 0. The zero-order valence-electron chi connectivity index (χ0n) is 11.9. The van der Waals surface area contributed by atoms with Crippen molar-refractivity contribution >= 4 is 11.0 Å². The largest absolute Gasteiger partial charge is 0.508 e. The third-order valence-corrected chi connectivity index (χ3v) is 3.50. The average molecular weight is 301 g/mol. The number of aromatic hydroxyl groups is 3. The molecule has 0 unspecified atom stereocenters. The molecule has 0 spiro atoms. The normalized spacial score (nSPS) is 11.0. The highest BCUT2D eigenvalue weighted by Crippen LogP contribution is 2.33. The van der Waals surface area contributed by atoms with Crippen LogP contribution >= 0.6 is 0 Å². The molecule has 1 heterocycles. The van der Waals surface area contributed by atoms with Gasteiger partial charge in [0.05, 0.1) is 18.2 Å². The highest BCUT2D eigenvalue weighted by atomic mass is 16.5. The van der Waals surface area contributed by atoms with Gasteiger partial charge in [-0.05, 0) is 30.5 Å². The fourth-order valence-corrected chi connectivity index (χ4v) is 2.42. The number of rotatable bonds is 4. The molecule has 2 aromatic carbocycles. The van der Waals surface area contributed by atoms with Crippen molar-refractivity contribution in [2.24, 2.45) is 0 Å². The molecule has 114 valence electrons. The standard InChI is InChI=1S/C16H15NO5/c1-21-14-5-3-9(6-12(14)19)2-4-11-16-13(20)7-10(18)8-15(16)22-17-11/h3,5-8,18-20H,2,4H2,1H3. The Labute approximate surface area is 126 Å². The molecular weight excluding hydrogens is 286 g/mol. The molecule has 0 aliphatic rings. The van der Waals surface area contributed by atoms with Crippen LogP contribution in [0.25, 0.3) is 11.0 Å². The molecule has 22 heavy (non-hydrogen) atoms. The predicted octanol–water partition coefficient (Wildman–Crippen LogP) is 2.74. The van der Waals surface area contributed by atoms with Crippen LogP contribution < -0.4 is 4.74 Å². The molecule has 0 fully saturated rings. The summed E-state index contributed by atoms with van der Waals surface area (Å²) in [5, 5.41) is 33.5. The van der Waals surface area contributed by atoms with Gasteiger partial charge in [0.1, 0.15) is 11.5 Å². The zero-order valence-corrected chi connectivity index (χ0v) is 11.9. The van der Waals surface area contributed by atoms with Crippen molar-refractivity contribution in [3.8, 4) is 23.0 Å². The van der Waals surface area contributed by atoms with E-state index in [1.54, 1.807) is 12.1 Å². The van der Waals surface area contributed by atoms with E-state index < -0.39 is 0 Å². The van der Waals surface area contributed by atoms with E-state index in [2.05, 4.69) is 5.16 Å². The number of aryl methyl sites for hydroxylation is 2. The van der Waals surface area contributed by atoms with E-state index >= 15 is 0 Å². The Balaban J connectivity index is 1.84. The molecule has 3 rings (SSSR count). The number of aromatic nitrogens is 1. The summed E-state index contributed by atoms with van der Waals surface area (Å²) in [6.45, 7) is 0. The summed E-state index contributed by atoms with van der Waals surface area (Å²) in [6.07, 6.45) is 1.14. The topological polar surface area (TPSA) is 96.0 Å². The maximum Gasteiger partial charge on any atom is 0.174 e. The summed E-state index contributed by atoms with van der Waals surface area (Å²) in [6, 6.07) is 7.84. The third kappa shape index (κ3) is 2.50. The summed E-state index contributed by atoms with van der Waals surface area (Å²) in [7, 11) is 1.49. The van der Waals surface area contributed by atoms with Crippen molar-refractivity contribution in [1.29, 1.82) is 0 Å². The van der Waals surface area contributed by atoms with Gasteiger partial charge in [0.2, 0.25) is 0 Å². The van der Waals surface area contributed by atoms with Crippen LogP contribution in [0.4, 0.5) is 0 Å². The van der Waals surface area contributed by atoms with Crippen molar-refractivity contribution in [1.82, 2.24) is 5.16 Å². The van der Waals surface area contributed by atoms with Gasteiger partial charge in [0.25, 0.3) is 0 Å². The molecule has 3 N–H and O–H groups in total. The van der Waals surface area contributed by atoms with Gasteiger partial charge in [0.15, 0.2) is 17.1 Å². The Morgan fingerprint density at radius 3 is 2.59 bits per heavy atom. The Morgan fingerprint density at radius 2 is 1.86 bits per heavy atom. The minimum atomic E-state index is -0.0761. The first-order valence-electron chi connectivity index (χ1n) is 6.74. The van der Waals surface area contributed by atoms with E-state index in [9.17, 15) is 15.3 Å². The minimum absolute atomic E-state index is 0.0659. The monoisotopic (exact) mass is 301 g/mol. The van der Waals surface area contributed by atoms with Gasteiger partial charge in [-0.25, -0.2) is 0 Å². The van der Waals surface area contributed by atoms with Gasteiger partial charge >= 0.3 is 0 Å². The number of hydrogen-bond donors (Lipinski definition) is 3. The van der Waals surface area contributed by atoms with Crippen LogP contribution in [0.1, 0.15) is 11.3 Å². The van der Waals surface area contributed by atoms with Gasteiger partial charge in [-0.3, -0.25) is 0 Å². The van der Waals surface area contributed by atoms with Gasteiger partial charge < -0.3 is 24.6 Å². The Bertz CT molecular complexity index is 825. The van der Waals surface area contributed by atoms with Crippen molar-refractivity contribution < 1.29 is 24.6 Å². The van der Waals surface area contributed by atoms with Crippen LogP contribution in [-0.2, 0) is 12.8 Å². The highest BCUT2D eigenvalue weighted by Gasteiger charge is 2.14. The smallest absolute Gasteiger partial charge is 0.174 e. The molecule has 0 atom stereocenters. The molecule has 0 radical (unpaired) electrons. The van der Waals surface area contributed by atoms with E-state index in [0.29, 0.717) is 35.3 Å². The van der Waals surface area contributed by atoms with Gasteiger partial charge in [0, 0.05) is 12.1 Å². The molecule has 1 aromatic heterocycles. The van der Waals surface area contributed by atoms with Crippen LogP contribution in [0.3, 0.4) is 0 Å².